The van der Waals surface area contributed by atoms with E-state index in [-0.39, 0.29) is 0 Å². The van der Waals surface area contributed by atoms with Crippen LogP contribution < -0.4 is 5.73 Å². The lowest BCUT2D eigenvalue weighted by Crippen LogP contribution is -2.34. The van der Waals surface area contributed by atoms with Gasteiger partial charge in [0.05, 0.1) is 17.4 Å². The van der Waals surface area contributed by atoms with Crippen LogP contribution in [0.1, 0.15) is 32.5 Å². The minimum Gasteiger partial charge on any atom is -0.340 e. The molecule has 0 radical (unpaired) electrons. The summed E-state index contributed by atoms with van der Waals surface area (Å²) in [5.41, 5.74) is 7.81. The standard InChI is InChI=1S/C14H18ClN3/c1-3-7-14(2,16)13-17-9-12(18-13)10-5-4-6-11(15)8-10/h4-6,8-9H,3,7,16H2,1-2H3,(H,17,18). The monoisotopic (exact) mass is 263 g/mol. The Kier molecular flexibility index (Phi) is 3.73. The van der Waals surface area contributed by atoms with Gasteiger partial charge in [-0.3, -0.25) is 0 Å². The number of aromatic nitrogens is 2. The third-order valence-corrected chi connectivity index (χ3v) is 3.26. The zero-order valence-corrected chi connectivity index (χ0v) is 11.5. The number of hydrogen-bond donors (Lipinski definition) is 2. The number of hydrogen-bond acceptors (Lipinski definition) is 2. The van der Waals surface area contributed by atoms with Crippen LogP contribution in [0.2, 0.25) is 5.02 Å². The molecule has 0 saturated heterocycles. The van der Waals surface area contributed by atoms with Gasteiger partial charge in [0.25, 0.3) is 0 Å². The average Bonchev–Trinajstić information content (AvgIpc) is 2.78. The van der Waals surface area contributed by atoms with Crippen LogP contribution in [0, 0.1) is 0 Å². The van der Waals surface area contributed by atoms with E-state index in [1.165, 1.54) is 0 Å². The Balaban J connectivity index is 2.31. The molecule has 1 aromatic carbocycles. The number of nitrogens with zero attached hydrogens (tertiary/aromatic N) is 1. The van der Waals surface area contributed by atoms with Crippen molar-refractivity contribution in [1.82, 2.24) is 9.97 Å². The third-order valence-electron chi connectivity index (χ3n) is 3.02. The number of nitrogens with one attached hydrogen (secondary N) is 1. The Labute approximate surface area is 112 Å². The second-order valence-corrected chi connectivity index (χ2v) is 5.26. The second kappa shape index (κ2) is 5.12. The lowest BCUT2D eigenvalue weighted by molar-refractivity contribution is 0.423. The van der Waals surface area contributed by atoms with Crippen molar-refractivity contribution in [2.45, 2.75) is 32.2 Å². The van der Waals surface area contributed by atoms with E-state index in [9.17, 15) is 0 Å². The van der Waals surface area contributed by atoms with Gasteiger partial charge < -0.3 is 10.7 Å². The van der Waals surface area contributed by atoms with Crippen LogP contribution in [0.3, 0.4) is 0 Å². The SMILES string of the molecule is CCCC(C)(N)c1ncc(-c2cccc(Cl)c2)[nH]1. The van der Waals surface area contributed by atoms with E-state index in [0.29, 0.717) is 5.02 Å². The summed E-state index contributed by atoms with van der Waals surface area (Å²) in [6, 6.07) is 7.68. The van der Waals surface area contributed by atoms with E-state index in [0.717, 1.165) is 29.9 Å². The maximum absolute atomic E-state index is 6.25. The highest BCUT2D eigenvalue weighted by atomic mass is 35.5. The predicted molar refractivity (Wildman–Crippen MR) is 75.5 cm³/mol. The van der Waals surface area contributed by atoms with Crippen LogP contribution in [-0.2, 0) is 5.54 Å². The molecule has 2 aromatic rings. The zero-order valence-electron chi connectivity index (χ0n) is 10.7. The maximum Gasteiger partial charge on any atom is 0.126 e. The smallest absolute Gasteiger partial charge is 0.126 e. The van der Waals surface area contributed by atoms with Crippen molar-refractivity contribution < 1.29 is 0 Å². The Morgan fingerprint density at radius 1 is 1.44 bits per heavy atom. The molecule has 3 nitrogen and oxygen atoms in total. The summed E-state index contributed by atoms with van der Waals surface area (Å²) in [7, 11) is 0. The fourth-order valence-electron chi connectivity index (χ4n) is 2.05. The van der Waals surface area contributed by atoms with E-state index in [4.69, 9.17) is 17.3 Å². The molecule has 0 aliphatic heterocycles. The van der Waals surface area contributed by atoms with Crippen molar-refractivity contribution in [1.29, 1.82) is 0 Å². The van der Waals surface area contributed by atoms with Gasteiger partial charge in [0.2, 0.25) is 0 Å². The average molecular weight is 264 g/mol. The Bertz CT molecular complexity index is 531. The van der Waals surface area contributed by atoms with Gasteiger partial charge in [-0.1, -0.05) is 37.1 Å². The molecule has 18 heavy (non-hydrogen) atoms. The number of aromatic amines is 1. The predicted octanol–water partition coefficient (Wildman–Crippen LogP) is 3.70. The number of nitrogens with two attached hydrogens (primary N) is 1. The van der Waals surface area contributed by atoms with E-state index >= 15 is 0 Å². The summed E-state index contributed by atoms with van der Waals surface area (Å²) in [5, 5.41) is 0.715. The summed E-state index contributed by atoms with van der Waals surface area (Å²) in [6.07, 6.45) is 3.73. The fourth-order valence-corrected chi connectivity index (χ4v) is 2.24. The number of rotatable bonds is 4. The molecule has 1 heterocycles. The Hall–Kier alpha value is -1.32. The number of benzene rings is 1. The van der Waals surface area contributed by atoms with Crippen LogP contribution in [0.25, 0.3) is 11.3 Å². The molecule has 3 N–H and O–H groups in total. The molecule has 2 rings (SSSR count). The van der Waals surface area contributed by atoms with Gasteiger partial charge in [-0.25, -0.2) is 4.98 Å². The minimum atomic E-state index is -0.411. The zero-order chi connectivity index (χ0) is 13.2. The molecule has 4 heteroatoms. The van der Waals surface area contributed by atoms with Crippen LogP contribution in [-0.4, -0.2) is 9.97 Å². The molecule has 1 aromatic heterocycles. The lowest BCUT2D eigenvalue weighted by atomic mass is 9.97. The van der Waals surface area contributed by atoms with Crippen molar-refractivity contribution >= 4 is 11.6 Å². The summed E-state index contributed by atoms with van der Waals surface area (Å²) in [6.45, 7) is 4.11. The molecule has 1 unspecified atom stereocenters. The Morgan fingerprint density at radius 3 is 2.89 bits per heavy atom. The number of halogens is 1. The highest BCUT2D eigenvalue weighted by Gasteiger charge is 2.23. The van der Waals surface area contributed by atoms with Crippen molar-refractivity contribution in [3.8, 4) is 11.3 Å². The molecular weight excluding hydrogens is 246 g/mol. The third kappa shape index (κ3) is 2.74. The van der Waals surface area contributed by atoms with Crippen LogP contribution in [0.4, 0.5) is 0 Å². The summed E-state index contributed by atoms with van der Waals surface area (Å²) in [4.78, 5) is 7.68. The topological polar surface area (TPSA) is 54.7 Å². The lowest BCUT2D eigenvalue weighted by Gasteiger charge is -2.21. The summed E-state index contributed by atoms with van der Waals surface area (Å²) >= 11 is 5.98. The Morgan fingerprint density at radius 2 is 2.22 bits per heavy atom. The van der Waals surface area contributed by atoms with Crippen molar-refractivity contribution in [2.75, 3.05) is 0 Å². The molecule has 96 valence electrons. The van der Waals surface area contributed by atoms with E-state index < -0.39 is 5.54 Å². The first-order valence-electron chi connectivity index (χ1n) is 6.13. The normalized spacial score (nSPS) is 14.4. The quantitative estimate of drug-likeness (QED) is 0.884. The van der Waals surface area contributed by atoms with Crippen LogP contribution in [0.15, 0.2) is 30.5 Å². The first-order valence-corrected chi connectivity index (χ1v) is 6.51. The fraction of sp³-hybridized carbons (Fsp3) is 0.357. The molecular formula is C14H18ClN3. The van der Waals surface area contributed by atoms with Crippen molar-refractivity contribution in [2.24, 2.45) is 5.73 Å². The van der Waals surface area contributed by atoms with Gasteiger partial charge >= 0.3 is 0 Å². The largest absolute Gasteiger partial charge is 0.340 e. The second-order valence-electron chi connectivity index (χ2n) is 4.82. The summed E-state index contributed by atoms with van der Waals surface area (Å²) in [5.74, 6) is 0.819. The molecule has 0 bridgehead atoms. The van der Waals surface area contributed by atoms with Crippen LogP contribution >= 0.6 is 11.6 Å². The van der Waals surface area contributed by atoms with Gasteiger partial charge in [0, 0.05) is 10.6 Å². The molecule has 0 aliphatic rings. The molecule has 0 amide bonds. The minimum absolute atomic E-state index is 0.411. The maximum atomic E-state index is 6.25. The van der Waals surface area contributed by atoms with Crippen molar-refractivity contribution in [3.63, 3.8) is 0 Å². The molecule has 1 atom stereocenters. The molecule has 0 spiro atoms. The highest BCUT2D eigenvalue weighted by Crippen LogP contribution is 2.25. The van der Waals surface area contributed by atoms with Gasteiger partial charge in [-0.15, -0.1) is 0 Å². The van der Waals surface area contributed by atoms with Crippen LogP contribution in [0.5, 0.6) is 0 Å². The van der Waals surface area contributed by atoms with Gasteiger partial charge in [-0.2, -0.15) is 0 Å². The molecule has 0 saturated carbocycles. The summed E-state index contributed by atoms with van der Waals surface area (Å²) < 4.78 is 0. The first-order chi connectivity index (χ1) is 8.53. The number of imidazole rings is 1. The molecule has 0 fully saturated rings. The van der Waals surface area contributed by atoms with E-state index in [2.05, 4.69) is 16.9 Å². The van der Waals surface area contributed by atoms with E-state index in [1.807, 2.05) is 37.4 Å². The number of H-pyrrole nitrogens is 1. The highest BCUT2D eigenvalue weighted by molar-refractivity contribution is 6.30. The van der Waals surface area contributed by atoms with Gasteiger partial charge in [-0.05, 0) is 25.5 Å². The molecule has 0 aliphatic carbocycles. The van der Waals surface area contributed by atoms with Crippen molar-refractivity contribution in [3.05, 3.63) is 41.3 Å². The van der Waals surface area contributed by atoms with Gasteiger partial charge in [0.15, 0.2) is 0 Å². The first kappa shape index (κ1) is 13.1. The van der Waals surface area contributed by atoms with E-state index in [1.54, 1.807) is 0 Å². The van der Waals surface area contributed by atoms with Gasteiger partial charge in [0.1, 0.15) is 5.82 Å².